The molecule has 4 N–H and O–H groups in total. The first-order valence-corrected chi connectivity index (χ1v) is 20.1. The van der Waals surface area contributed by atoms with Gasteiger partial charge in [0.05, 0.1) is 23.0 Å². The van der Waals surface area contributed by atoms with Crippen LogP contribution in [-0.2, 0) is 46.5 Å². The summed E-state index contributed by atoms with van der Waals surface area (Å²) in [6.07, 6.45) is -1.11. The fourth-order valence-corrected chi connectivity index (χ4v) is 9.26. The van der Waals surface area contributed by atoms with Crippen molar-refractivity contribution in [1.29, 1.82) is 0 Å². The molecule has 0 radical (unpaired) electrons. The summed E-state index contributed by atoms with van der Waals surface area (Å²) in [6, 6.07) is 7.30. The maximum absolute atomic E-state index is 13.8. The average molecular weight is 891 g/mol. The molecular weight excluding hydrogens is 860 g/mol. The molecule has 22 nitrogen and oxygen atoms in total. The first-order chi connectivity index (χ1) is 28.3. The summed E-state index contributed by atoms with van der Waals surface area (Å²) in [5.41, 5.74) is 1.57. The van der Waals surface area contributed by atoms with Gasteiger partial charge in [-0.2, -0.15) is 0 Å². The average Bonchev–Trinajstić information content (AvgIpc) is 3.74. The van der Waals surface area contributed by atoms with Crippen LogP contribution in [0.2, 0.25) is 0 Å². The van der Waals surface area contributed by atoms with Gasteiger partial charge in [0.15, 0.2) is 4.34 Å². The molecule has 26 heteroatoms. The first-order valence-electron chi connectivity index (χ1n) is 17.3. The van der Waals surface area contributed by atoms with E-state index in [1.54, 1.807) is 6.92 Å². The van der Waals surface area contributed by atoms with Gasteiger partial charge >= 0.3 is 53.5 Å². The second-order valence-electron chi connectivity index (χ2n) is 12.5. The first kappa shape index (κ1) is 45.5. The number of nitrogens with zero attached hydrogens (tertiary/aromatic N) is 6. The number of aliphatic carboxylic acids is 1. The number of carbonyl (C=O) groups is 8. The number of amides is 8. The summed E-state index contributed by atoms with van der Waals surface area (Å²) in [5, 5.41) is 39.3. The van der Waals surface area contributed by atoms with Gasteiger partial charge in [0.25, 0.3) is 11.6 Å². The number of anilines is 2. The van der Waals surface area contributed by atoms with Crippen LogP contribution in [0.4, 0.5) is 26.7 Å². The summed E-state index contributed by atoms with van der Waals surface area (Å²) < 4.78 is 5.70. The maximum Gasteiger partial charge on any atom is 1.00 e. The van der Waals surface area contributed by atoms with E-state index in [1.165, 1.54) is 64.2 Å². The number of nitro groups is 1. The van der Waals surface area contributed by atoms with E-state index in [0.717, 1.165) is 28.4 Å². The molecule has 3 aromatic rings. The molecule has 2 fully saturated rings. The number of imide groups is 1. The standard InChI is InChI=1S/C34H32N10O12S3.Na/c1-2-41-9-10-42(29(49)28(41)48)32(52)38-22-12-19(37-33(53)56-13-17-3-7-20(8-4-17)44(54)55)6-5-18(22)11-23(46)39-26-21(14-57-34-40-36-16-58-34)25(31(50)51)43-27(47)24(35-15-45)30(43)59-26;/h3-8,12,15-16,24,26,30H,2,9-11,13-14H2,1H3,(H,35,45)(H,37,53)(H,38,52)(H,39,46)(H,50,51);/q;+1/p-1/t24-,26?,30+;/m1./s1. The Bertz CT molecular complexity index is 2250. The molecule has 1 unspecified atom stereocenters. The number of urea groups is 1. The number of hydrogen-bond donors (Lipinski definition) is 4. The zero-order chi connectivity index (χ0) is 42.4. The Morgan fingerprint density at radius 1 is 1.07 bits per heavy atom. The van der Waals surface area contributed by atoms with Crippen LogP contribution in [0.5, 0.6) is 0 Å². The molecule has 0 bridgehead atoms. The fraction of sp³-hybridized carbons (Fsp3) is 0.294. The van der Waals surface area contributed by atoms with Crippen molar-refractivity contribution in [2.45, 2.75) is 41.1 Å². The van der Waals surface area contributed by atoms with Gasteiger partial charge in [-0.05, 0) is 47.9 Å². The van der Waals surface area contributed by atoms with Crippen LogP contribution in [0.15, 0.2) is 63.6 Å². The van der Waals surface area contributed by atoms with Crippen molar-refractivity contribution >= 4 is 100 Å². The third kappa shape index (κ3) is 10.2. The SMILES string of the molecule is CCN1CCN(C(=O)Nc2cc(NC(=O)OCc3ccc([N+](=O)[O-])cc3)ccc2CC(=O)NC2S[C@H]3[C@H](NC=O)C(=O)N3C(C(=O)[O-])=C2CSc2nncs2)C(=O)C1=O.[Na+]. The number of non-ortho nitro benzene ring substituents is 1. The molecule has 6 rings (SSSR count). The summed E-state index contributed by atoms with van der Waals surface area (Å²) in [6.45, 7) is 1.63. The van der Waals surface area contributed by atoms with Crippen LogP contribution in [0, 0.1) is 10.1 Å². The number of rotatable bonds is 15. The van der Waals surface area contributed by atoms with Crippen molar-refractivity contribution in [3.05, 3.63) is 80.5 Å². The number of likely N-dealkylation sites (N-methyl/N-ethyl adjacent to an activating group) is 1. The molecule has 3 aliphatic heterocycles. The summed E-state index contributed by atoms with van der Waals surface area (Å²) in [5.74, 6) is -5.08. The molecule has 3 atom stereocenters. The van der Waals surface area contributed by atoms with Gasteiger partial charge in [-0.3, -0.25) is 49.2 Å². The number of carbonyl (C=O) groups excluding carboxylic acids is 8. The van der Waals surface area contributed by atoms with Gasteiger partial charge in [-0.25, -0.2) is 9.59 Å². The number of nitro benzene ring substituents is 1. The Labute approximate surface area is 373 Å². The van der Waals surface area contributed by atoms with Gasteiger partial charge in [0, 0.05) is 48.9 Å². The predicted octanol–water partition coefficient (Wildman–Crippen LogP) is -2.77. The van der Waals surface area contributed by atoms with Crippen molar-refractivity contribution in [1.82, 2.24) is 35.5 Å². The van der Waals surface area contributed by atoms with Gasteiger partial charge in [0.2, 0.25) is 12.3 Å². The Balaban J connectivity index is 0.00000683. The van der Waals surface area contributed by atoms with E-state index in [1.807, 2.05) is 0 Å². The number of piperazine rings is 1. The third-order valence-electron chi connectivity index (χ3n) is 9.01. The van der Waals surface area contributed by atoms with Crippen molar-refractivity contribution in [3.8, 4) is 0 Å². The number of fused-ring (bicyclic) bond motifs is 1. The zero-order valence-corrected chi connectivity index (χ0v) is 35.9. The van der Waals surface area contributed by atoms with E-state index >= 15 is 0 Å². The number of nitrogens with one attached hydrogen (secondary N) is 4. The number of β-lactam (4-membered cyclic amide) rings is 1. The largest absolute Gasteiger partial charge is 1.00 e. The van der Waals surface area contributed by atoms with Crippen LogP contribution in [0.3, 0.4) is 0 Å². The minimum Gasteiger partial charge on any atom is -0.543 e. The van der Waals surface area contributed by atoms with E-state index < -0.39 is 75.6 Å². The molecule has 8 amide bonds. The molecule has 2 aromatic carbocycles. The number of carboxylic acids is 1. The van der Waals surface area contributed by atoms with Crippen LogP contribution in [0.1, 0.15) is 18.1 Å². The van der Waals surface area contributed by atoms with Crippen LogP contribution < -0.4 is 55.9 Å². The number of thioether (sulfide) groups is 2. The zero-order valence-electron chi connectivity index (χ0n) is 31.5. The van der Waals surface area contributed by atoms with E-state index in [9.17, 15) is 53.6 Å². The Hall–Kier alpha value is -5.60. The number of aromatic nitrogens is 2. The van der Waals surface area contributed by atoms with E-state index in [0.29, 0.717) is 21.2 Å². The topological polar surface area (TPSA) is 296 Å². The van der Waals surface area contributed by atoms with Gasteiger partial charge in [0.1, 0.15) is 28.9 Å². The smallest absolute Gasteiger partial charge is 0.543 e. The molecule has 3 aliphatic rings. The Kier molecular flexibility index (Phi) is 15.2. The fourth-order valence-electron chi connectivity index (χ4n) is 6.09. The Morgan fingerprint density at radius 3 is 2.47 bits per heavy atom. The molecule has 0 spiro atoms. The number of ether oxygens (including phenoxy) is 1. The number of carboxylic acid groups (broad SMARTS) is 1. The number of hydrogen-bond acceptors (Lipinski definition) is 17. The maximum atomic E-state index is 13.8. The third-order valence-corrected chi connectivity index (χ3v) is 12.4. The van der Waals surface area contributed by atoms with Crippen LogP contribution >= 0.6 is 34.9 Å². The predicted molar refractivity (Wildman–Crippen MR) is 206 cm³/mol. The normalized spacial score (nSPS) is 18.4. The van der Waals surface area contributed by atoms with Crippen molar-refractivity contribution in [2.24, 2.45) is 0 Å². The second kappa shape index (κ2) is 20.1. The van der Waals surface area contributed by atoms with E-state index in [-0.39, 0.29) is 89.8 Å². The molecule has 2 saturated heterocycles. The minimum absolute atomic E-state index is 0. The molecular formula is C34H31N10NaO12S3. The summed E-state index contributed by atoms with van der Waals surface area (Å²) >= 11 is 3.30. The molecule has 0 saturated carbocycles. The monoisotopic (exact) mass is 890 g/mol. The van der Waals surface area contributed by atoms with E-state index in [2.05, 4.69) is 31.5 Å². The summed E-state index contributed by atoms with van der Waals surface area (Å²) in [4.78, 5) is 115. The number of benzene rings is 2. The van der Waals surface area contributed by atoms with Gasteiger partial charge in [-0.15, -0.1) is 22.0 Å². The van der Waals surface area contributed by atoms with Crippen molar-refractivity contribution in [3.63, 3.8) is 0 Å². The molecule has 1 aromatic heterocycles. The van der Waals surface area contributed by atoms with Crippen molar-refractivity contribution < 1.29 is 82.7 Å². The Morgan fingerprint density at radius 2 is 1.82 bits per heavy atom. The van der Waals surface area contributed by atoms with Gasteiger partial charge in [-0.1, -0.05) is 29.2 Å². The molecule has 308 valence electrons. The van der Waals surface area contributed by atoms with Gasteiger partial charge < -0.3 is 35.5 Å². The summed E-state index contributed by atoms with van der Waals surface area (Å²) in [7, 11) is 0. The molecule has 60 heavy (non-hydrogen) atoms. The van der Waals surface area contributed by atoms with Crippen LogP contribution in [-0.4, -0.2) is 120 Å². The van der Waals surface area contributed by atoms with Crippen molar-refractivity contribution in [2.75, 3.05) is 36.0 Å². The minimum atomic E-state index is -1.69. The van der Waals surface area contributed by atoms with Crippen LogP contribution in [0.25, 0.3) is 0 Å². The molecule has 4 heterocycles. The quantitative estimate of drug-likeness (QED) is 0.0229. The second-order valence-corrected chi connectivity index (χ2v) is 15.8. The molecule has 0 aliphatic carbocycles. The van der Waals surface area contributed by atoms with E-state index in [4.69, 9.17) is 4.74 Å².